The average molecular weight is 430 g/mol. The highest BCUT2D eigenvalue weighted by Gasteiger charge is 2.20. The van der Waals surface area contributed by atoms with Crippen LogP contribution in [0.1, 0.15) is 28.6 Å². The molecule has 29 heavy (non-hydrogen) atoms. The molecule has 1 amide bonds. The number of aromatic nitrogens is 1. The van der Waals surface area contributed by atoms with Gasteiger partial charge in [0, 0.05) is 16.1 Å². The second-order valence-electron chi connectivity index (χ2n) is 6.76. The van der Waals surface area contributed by atoms with E-state index in [1.165, 1.54) is 17.4 Å². The summed E-state index contributed by atoms with van der Waals surface area (Å²) >= 11 is 1.40. The van der Waals surface area contributed by atoms with Crippen molar-refractivity contribution in [3.8, 4) is 10.6 Å². The lowest BCUT2D eigenvalue weighted by molar-refractivity contribution is -0.115. The van der Waals surface area contributed by atoms with Crippen LogP contribution in [-0.2, 0) is 27.7 Å². The number of hydrogen-bond acceptors (Lipinski definition) is 5. The first-order chi connectivity index (χ1) is 13.7. The van der Waals surface area contributed by atoms with Gasteiger partial charge in [-0.1, -0.05) is 31.2 Å². The van der Waals surface area contributed by atoms with Crippen molar-refractivity contribution in [1.82, 2.24) is 4.98 Å². The highest BCUT2D eigenvalue weighted by Crippen LogP contribution is 2.33. The third-order valence-corrected chi connectivity index (χ3v) is 6.74. The predicted molar refractivity (Wildman–Crippen MR) is 117 cm³/mol. The van der Waals surface area contributed by atoms with Crippen LogP contribution in [0.15, 0.2) is 47.4 Å². The highest BCUT2D eigenvalue weighted by atomic mass is 32.2. The van der Waals surface area contributed by atoms with Gasteiger partial charge in [-0.25, -0.2) is 18.5 Å². The molecule has 0 saturated carbocycles. The fourth-order valence-electron chi connectivity index (χ4n) is 3.05. The topological polar surface area (TPSA) is 102 Å². The summed E-state index contributed by atoms with van der Waals surface area (Å²) in [6.45, 7) is 5.83. The Labute approximate surface area is 174 Å². The molecule has 2 aromatic carbocycles. The monoisotopic (exact) mass is 429 g/mol. The fraction of sp³-hybridized carbons (Fsp3) is 0.238. The van der Waals surface area contributed by atoms with E-state index >= 15 is 0 Å². The fourth-order valence-corrected chi connectivity index (χ4v) is 4.83. The number of aryl methyl sites for hydroxylation is 3. The first-order valence-corrected chi connectivity index (χ1v) is 11.5. The van der Waals surface area contributed by atoms with Crippen molar-refractivity contribution < 1.29 is 13.2 Å². The molecule has 3 N–H and O–H groups in total. The lowest BCUT2D eigenvalue weighted by atomic mass is 10.0. The molecule has 0 saturated heterocycles. The number of nitrogens with two attached hydrogens (primary N) is 1. The van der Waals surface area contributed by atoms with E-state index in [1.807, 2.05) is 45.0 Å². The second-order valence-corrected chi connectivity index (χ2v) is 9.50. The minimum absolute atomic E-state index is 0.0574. The SMILES string of the molecule is CCc1ccccc1CC(=O)Nc1ccc(-c2nc(C)c(C)s2)c(S(N)(=O)=O)c1. The molecule has 1 aromatic heterocycles. The summed E-state index contributed by atoms with van der Waals surface area (Å²) in [4.78, 5) is 17.9. The molecule has 0 radical (unpaired) electrons. The number of thiazole rings is 1. The molecule has 0 aliphatic carbocycles. The number of carbonyl (C=O) groups is 1. The Hall–Kier alpha value is -2.55. The van der Waals surface area contributed by atoms with Crippen molar-refractivity contribution in [2.24, 2.45) is 5.14 Å². The van der Waals surface area contributed by atoms with E-state index in [9.17, 15) is 13.2 Å². The lowest BCUT2D eigenvalue weighted by Gasteiger charge is -2.11. The van der Waals surface area contributed by atoms with Gasteiger partial charge < -0.3 is 5.32 Å². The van der Waals surface area contributed by atoms with Crippen molar-refractivity contribution in [1.29, 1.82) is 0 Å². The van der Waals surface area contributed by atoms with Gasteiger partial charge in [0.05, 0.1) is 17.0 Å². The molecule has 0 unspecified atom stereocenters. The van der Waals surface area contributed by atoms with Gasteiger partial charge >= 0.3 is 0 Å². The van der Waals surface area contributed by atoms with Crippen molar-refractivity contribution in [3.63, 3.8) is 0 Å². The number of nitrogens with one attached hydrogen (secondary N) is 1. The summed E-state index contributed by atoms with van der Waals surface area (Å²) in [5.74, 6) is -0.222. The molecular formula is C21H23N3O3S2. The van der Waals surface area contributed by atoms with Crippen LogP contribution in [0.25, 0.3) is 10.6 Å². The molecule has 3 aromatic rings. The Bertz CT molecular complexity index is 1150. The number of benzene rings is 2. The zero-order chi connectivity index (χ0) is 21.2. The Morgan fingerprint density at radius 1 is 1.14 bits per heavy atom. The summed E-state index contributed by atoms with van der Waals surface area (Å²) in [7, 11) is -4.00. The van der Waals surface area contributed by atoms with Crippen LogP contribution in [0.2, 0.25) is 0 Å². The van der Waals surface area contributed by atoms with Crippen molar-refractivity contribution in [2.45, 2.75) is 38.5 Å². The van der Waals surface area contributed by atoms with Crippen LogP contribution < -0.4 is 10.5 Å². The summed E-state index contributed by atoms with van der Waals surface area (Å²) in [6, 6.07) is 12.4. The number of rotatable bonds is 6. The van der Waals surface area contributed by atoms with E-state index < -0.39 is 10.0 Å². The first kappa shape index (κ1) is 21.2. The maximum atomic E-state index is 12.5. The lowest BCUT2D eigenvalue weighted by Crippen LogP contribution is -2.17. The Kier molecular flexibility index (Phi) is 6.16. The summed E-state index contributed by atoms with van der Waals surface area (Å²) in [5, 5.41) is 8.79. The van der Waals surface area contributed by atoms with Crippen LogP contribution in [-0.4, -0.2) is 19.3 Å². The number of amides is 1. The third-order valence-electron chi connectivity index (χ3n) is 4.68. The van der Waals surface area contributed by atoms with Crippen LogP contribution in [0.5, 0.6) is 0 Å². The van der Waals surface area contributed by atoms with E-state index in [0.717, 1.165) is 28.1 Å². The van der Waals surface area contributed by atoms with Gasteiger partial charge in [-0.3, -0.25) is 4.79 Å². The number of primary sulfonamides is 1. The molecule has 8 heteroatoms. The maximum Gasteiger partial charge on any atom is 0.238 e. The summed E-state index contributed by atoms with van der Waals surface area (Å²) in [5.41, 5.74) is 3.71. The Balaban J connectivity index is 1.90. The van der Waals surface area contributed by atoms with Crippen LogP contribution in [0.3, 0.4) is 0 Å². The normalized spacial score (nSPS) is 11.4. The molecule has 0 spiro atoms. The second kappa shape index (κ2) is 8.44. The first-order valence-electron chi connectivity index (χ1n) is 9.17. The van der Waals surface area contributed by atoms with Gasteiger partial charge in [-0.2, -0.15) is 0 Å². The molecule has 0 atom stereocenters. The summed E-state index contributed by atoms with van der Waals surface area (Å²) in [6.07, 6.45) is 1.04. The van der Waals surface area contributed by atoms with Crippen molar-refractivity contribution >= 4 is 33.0 Å². The maximum absolute atomic E-state index is 12.5. The number of hydrogen-bond donors (Lipinski definition) is 2. The minimum atomic E-state index is -4.00. The van der Waals surface area contributed by atoms with Crippen LogP contribution >= 0.6 is 11.3 Å². The van der Waals surface area contributed by atoms with E-state index in [-0.39, 0.29) is 17.2 Å². The summed E-state index contributed by atoms with van der Waals surface area (Å²) < 4.78 is 24.3. The molecule has 0 bridgehead atoms. The van der Waals surface area contributed by atoms with E-state index in [0.29, 0.717) is 16.3 Å². The van der Waals surface area contributed by atoms with E-state index in [4.69, 9.17) is 5.14 Å². The molecular weight excluding hydrogens is 406 g/mol. The zero-order valence-electron chi connectivity index (χ0n) is 16.5. The minimum Gasteiger partial charge on any atom is -0.326 e. The van der Waals surface area contributed by atoms with Gasteiger partial charge in [0.15, 0.2) is 0 Å². The van der Waals surface area contributed by atoms with Crippen LogP contribution in [0, 0.1) is 13.8 Å². The quantitative estimate of drug-likeness (QED) is 0.622. The third kappa shape index (κ3) is 4.90. The smallest absolute Gasteiger partial charge is 0.238 e. The molecule has 3 rings (SSSR count). The number of anilines is 1. The number of sulfonamides is 1. The number of nitrogens with zero attached hydrogens (tertiary/aromatic N) is 1. The van der Waals surface area contributed by atoms with Gasteiger partial charge in [0.1, 0.15) is 5.01 Å². The van der Waals surface area contributed by atoms with Gasteiger partial charge in [0.25, 0.3) is 0 Å². The molecule has 0 aliphatic rings. The van der Waals surface area contributed by atoms with Crippen molar-refractivity contribution in [2.75, 3.05) is 5.32 Å². The molecule has 0 aliphatic heterocycles. The number of carbonyl (C=O) groups excluding carboxylic acids is 1. The standard InChI is InChI=1S/C21H23N3O3S2/c1-4-15-7-5-6-8-16(15)11-20(25)24-17-9-10-18(19(12-17)29(22,26)27)21-23-13(2)14(3)28-21/h5-10,12H,4,11H2,1-3H3,(H,24,25)(H2,22,26,27). The van der Waals surface area contributed by atoms with Gasteiger partial charge in [-0.05, 0) is 49.6 Å². The Morgan fingerprint density at radius 2 is 1.83 bits per heavy atom. The van der Waals surface area contributed by atoms with Crippen LogP contribution in [0.4, 0.5) is 5.69 Å². The van der Waals surface area contributed by atoms with Gasteiger partial charge in [0.2, 0.25) is 15.9 Å². The average Bonchev–Trinajstić information content (AvgIpc) is 3.00. The molecule has 152 valence electrons. The zero-order valence-corrected chi connectivity index (χ0v) is 18.2. The van der Waals surface area contributed by atoms with Gasteiger partial charge in [-0.15, -0.1) is 11.3 Å². The molecule has 6 nitrogen and oxygen atoms in total. The van der Waals surface area contributed by atoms with E-state index in [2.05, 4.69) is 10.3 Å². The largest absolute Gasteiger partial charge is 0.326 e. The molecule has 1 heterocycles. The Morgan fingerprint density at radius 3 is 2.41 bits per heavy atom. The van der Waals surface area contributed by atoms with Crippen molar-refractivity contribution in [3.05, 3.63) is 64.2 Å². The predicted octanol–water partition coefficient (Wildman–Crippen LogP) is 3.82. The highest BCUT2D eigenvalue weighted by molar-refractivity contribution is 7.89. The molecule has 0 fully saturated rings. The van der Waals surface area contributed by atoms with E-state index in [1.54, 1.807) is 12.1 Å².